The molecule has 30 heavy (non-hydrogen) atoms. The van der Waals surface area contributed by atoms with Gasteiger partial charge in [-0.15, -0.1) is 0 Å². The SMILES string of the molecule is CC(C)COC(=O)CC1C(=O)NCCN1C(=S)NC(=O)c1ccc(OC(C)C)cc1. The van der Waals surface area contributed by atoms with Crippen molar-refractivity contribution in [2.45, 2.75) is 46.3 Å². The van der Waals surface area contributed by atoms with E-state index in [9.17, 15) is 14.4 Å². The molecule has 1 aromatic rings. The predicted molar refractivity (Wildman–Crippen MR) is 116 cm³/mol. The third-order valence-corrected chi connectivity index (χ3v) is 4.57. The fourth-order valence-electron chi connectivity index (χ4n) is 2.84. The zero-order valence-electron chi connectivity index (χ0n) is 17.8. The summed E-state index contributed by atoms with van der Waals surface area (Å²) >= 11 is 5.36. The molecule has 1 atom stereocenters. The first kappa shape index (κ1) is 23.6. The topological polar surface area (TPSA) is 97.0 Å². The molecule has 164 valence electrons. The molecule has 9 heteroatoms. The van der Waals surface area contributed by atoms with Gasteiger partial charge in [0.1, 0.15) is 11.8 Å². The Kier molecular flexibility index (Phi) is 8.58. The van der Waals surface area contributed by atoms with Crippen molar-refractivity contribution in [2.75, 3.05) is 19.7 Å². The summed E-state index contributed by atoms with van der Waals surface area (Å²) in [7, 11) is 0. The van der Waals surface area contributed by atoms with Gasteiger partial charge in [-0.05, 0) is 56.2 Å². The van der Waals surface area contributed by atoms with Crippen LogP contribution in [0.2, 0.25) is 0 Å². The van der Waals surface area contributed by atoms with Gasteiger partial charge in [-0.3, -0.25) is 19.7 Å². The van der Waals surface area contributed by atoms with Crippen molar-refractivity contribution in [1.82, 2.24) is 15.5 Å². The monoisotopic (exact) mass is 435 g/mol. The van der Waals surface area contributed by atoms with Gasteiger partial charge < -0.3 is 19.7 Å². The number of benzene rings is 1. The molecule has 8 nitrogen and oxygen atoms in total. The molecule has 2 amide bonds. The highest BCUT2D eigenvalue weighted by atomic mass is 32.1. The zero-order chi connectivity index (χ0) is 22.3. The number of hydrogen-bond donors (Lipinski definition) is 2. The maximum Gasteiger partial charge on any atom is 0.308 e. The van der Waals surface area contributed by atoms with E-state index < -0.39 is 17.9 Å². The van der Waals surface area contributed by atoms with Crippen LogP contribution in [0.3, 0.4) is 0 Å². The van der Waals surface area contributed by atoms with Gasteiger partial charge in [0.2, 0.25) is 5.91 Å². The van der Waals surface area contributed by atoms with E-state index in [1.807, 2.05) is 27.7 Å². The van der Waals surface area contributed by atoms with Crippen molar-refractivity contribution in [3.05, 3.63) is 29.8 Å². The van der Waals surface area contributed by atoms with Gasteiger partial charge in [-0.1, -0.05) is 13.8 Å². The van der Waals surface area contributed by atoms with Crippen molar-refractivity contribution >= 4 is 35.1 Å². The summed E-state index contributed by atoms with van der Waals surface area (Å²) < 4.78 is 10.8. The van der Waals surface area contributed by atoms with Crippen LogP contribution in [0.4, 0.5) is 0 Å². The molecule has 0 radical (unpaired) electrons. The van der Waals surface area contributed by atoms with Crippen LogP contribution in [-0.2, 0) is 14.3 Å². The van der Waals surface area contributed by atoms with Gasteiger partial charge in [0.25, 0.3) is 5.91 Å². The van der Waals surface area contributed by atoms with Gasteiger partial charge in [-0.2, -0.15) is 0 Å². The van der Waals surface area contributed by atoms with Crippen LogP contribution < -0.4 is 15.4 Å². The van der Waals surface area contributed by atoms with Crippen LogP contribution in [0.25, 0.3) is 0 Å². The highest BCUT2D eigenvalue weighted by Gasteiger charge is 2.34. The van der Waals surface area contributed by atoms with Crippen molar-refractivity contribution in [3.63, 3.8) is 0 Å². The van der Waals surface area contributed by atoms with E-state index in [0.29, 0.717) is 24.4 Å². The summed E-state index contributed by atoms with van der Waals surface area (Å²) in [4.78, 5) is 38.5. The molecule has 0 spiro atoms. The molecule has 0 saturated carbocycles. The van der Waals surface area contributed by atoms with Gasteiger partial charge in [0.05, 0.1) is 19.1 Å². The van der Waals surface area contributed by atoms with E-state index in [-0.39, 0.29) is 36.1 Å². The maximum atomic E-state index is 12.6. The average molecular weight is 436 g/mol. The van der Waals surface area contributed by atoms with Crippen molar-refractivity contribution in [1.29, 1.82) is 0 Å². The second-order valence-electron chi connectivity index (χ2n) is 7.73. The van der Waals surface area contributed by atoms with Crippen LogP contribution in [0.1, 0.15) is 44.5 Å². The first-order chi connectivity index (χ1) is 14.2. The quantitative estimate of drug-likeness (QED) is 0.499. The number of ether oxygens (including phenoxy) is 2. The van der Waals surface area contributed by atoms with Crippen LogP contribution in [0.15, 0.2) is 24.3 Å². The molecule has 1 aliphatic rings. The molecule has 1 aliphatic heterocycles. The lowest BCUT2D eigenvalue weighted by molar-refractivity contribution is -0.148. The molecule has 2 rings (SSSR count). The summed E-state index contributed by atoms with van der Waals surface area (Å²) in [6, 6.07) is 5.87. The van der Waals surface area contributed by atoms with Crippen molar-refractivity contribution in [3.8, 4) is 5.75 Å². The van der Waals surface area contributed by atoms with E-state index >= 15 is 0 Å². The molecular formula is C21H29N3O5S. The molecule has 1 aromatic carbocycles. The summed E-state index contributed by atoms with van der Waals surface area (Å²) in [6.07, 6.45) is -0.109. The number of nitrogens with one attached hydrogen (secondary N) is 2. The molecular weight excluding hydrogens is 406 g/mol. The summed E-state index contributed by atoms with van der Waals surface area (Å²) in [5.41, 5.74) is 0.405. The lowest BCUT2D eigenvalue weighted by Crippen LogP contribution is -2.60. The molecule has 1 unspecified atom stereocenters. The third-order valence-electron chi connectivity index (χ3n) is 4.24. The van der Waals surface area contributed by atoms with Crippen molar-refractivity contribution in [2.24, 2.45) is 5.92 Å². The Bertz CT molecular complexity index is 779. The molecule has 2 N–H and O–H groups in total. The van der Waals surface area contributed by atoms with Crippen LogP contribution >= 0.6 is 12.2 Å². The normalized spacial score (nSPS) is 16.3. The zero-order valence-corrected chi connectivity index (χ0v) is 18.6. The van der Waals surface area contributed by atoms with Gasteiger partial charge in [0.15, 0.2) is 5.11 Å². The standard InChI is InChI=1S/C21H29N3O5S/c1-13(2)12-28-18(25)11-17-20(27)22-9-10-24(17)21(30)23-19(26)15-5-7-16(8-6-15)29-14(3)4/h5-8,13-14,17H,9-12H2,1-4H3,(H,22,27)(H,23,26,30). The number of thiocarbonyl (C=S) groups is 1. The minimum Gasteiger partial charge on any atom is -0.491 e. The Morgan fingerprint density at radius 3 is 2.50 bits per heavy atom. The third kappa shape index (κ3) is 6.98. The Hall–Kier alpha value is -2.68. The van der Waals surface area contributed by atoms with Crippen LogP contribution in [0, 0.1) is 5.92 Å². The molecule has 0 bridgehead atoms. The number of hydrogen-bond acceptors (Lipinski definition) is 6. The first-order valence-electron chi connectivity index (χ1n) is 9.99. The number of piperazine rings is 1. The van der Waals surface area contributed by atoms with Gasteiger partial charge >= 0.3 is 5.97 Å². The molecule has 1 saturated heterocycles. The molecule has 1 heterocycles. The second-order valence-corrected chi connectivity index (χ2v) is 8.12. The van der Waals surface area contributed by atoms with E-state index in [1.165, 1.54) is 0 Å². The number of nitrogens with zero attached hydrogens (tertiary/aromatic N) is 1. The smallest absolute Gasteiger partial charge is 0.308 e. The number of carbonyl (C=O) groups is 3. The minimum absolute atomic E-state index is 0.0339. The Morgan fingerprint density at radius 1 is 1.23 bits per heavy atom. The summed E-state index contributed by atoms with van der Waals surface area (Å²) in [6.45, 7) is 8.73. The van der Waals surface area contributed by atoms with Crippen LogP contribution in [-0.4, -0.2) is 59.6 Å². The van der Waals surface area contributed by atoms with Gasteiger partial charge in [0, 0.05) is 18.7 Å². The number of rotatable bonds is 7. The summed E-state index contributed by atoms with van der Waals surface area (Å²) in [5.74, 6) is -0.344. The second kappa shape index (κ2) is 10.9. The Balaban J connectivity index is 2.00. The Morgan fingerprint density at radius 2 is 1.90 bits per heavy atom. The van der Waals surface area contributed by atoms with Crippen molar-refractivity contribution < 1.29 is 23.9 Å². The van der Waals surface area contributed by atoms with Crippen LogP contribution in [0.5, 0.6) is 5.75 Å². The fraction of sp³-hybridized carbons (Fsp3) is 0.524. The predicted octanol–water partition coefficient (Wildman–Crippen LogP) is 1.88. The van der Waals surface area contributed by atoms with E-state index in [2.05, 4.69) is 10.6 Å². The highest BCUT2D eigenvalue weighted by molar-refractivity contribution is 7.80. The summed E-state index contributed by atoms with van der Waals surface area (Å²) in [5, 5.41) is 5.46. The Labute approximate surface area is 182 Å². The lowest BCUT2D eigenvalue weighted by atomic mass is 10.1. The minimum atomic E-state index is -0.826. The lowest BCUT2D eigenvalue weighted by Gasteiger charge is -2.36. The first-order valence-corrected chi connectivity index (χ1v) is 10.4. The van der Waals surface area contributed by atoms with E-state index in [0.717, 1.165) is 0 Å². The molecule has 0 aromatic heterocycles. The van der Waals surface area contributed by atoms with E-state index in [4.69, 9.17) is 21.7 Å². The van der Waals surface area contributed by atoms with E-state index in [1.54, 1.807) is 29.2 Å². The maximum absolute atomic E-state index is 12.6. The highest BCUT2D eigenvalue weighted by Crippen LogP contribution is 2.15. The number of amides is 2. The molecule has 0 aliphatic carbocycles. The number of carbonyl (C=O) groups excluding carboxylic acids is 3. The molecule has 1 fully saturated rings. The number of esters is 1. The van der Waals surface area contributed by atoms with Gasteiger partial charge in [-0.25, -0.2) is 0 Å². The fourth-order valence-corrected chi connectivity index (χ4v) is 3.15. The average Bonchev–Trinajstić information content (AvgIpc) is 2.67. The largest absolute Gasteiger partial charge is 0.491 e.